The van der Waals surface area contributed by atoms with Gasteiger partial charge in [0.05, 0.1) is 0 Å². The van der Waals surface area contributed by atoms with Gasteiger partial charge in [-0.05, 0) is 68.1 Å². The lowest BCUT2D eigenvalue weighted by Crippen LogP contribution is -2.16. The van der Waals surface area contributed by atoms with E-state index < -0.39 is 0 Å². The topological polar surface area (TPSA) is 0 Å². The summed E-state index contributed by atoms with van der Waals surface area (Å²) in [4.78, 5) is 0. The first kappa shape index (κ1) is 17.3. The van der Waals surface area contributed by atoms with Gasteiger partial charge in [0.1, 0.15) is 0 Å². The van der Waals surface area contributed by atoms with E-state index in [1.165, 1.54) is 49.7 Å². The molecule has 4 aromatic carbocycles. The molecule has 0 amide bonds. The minimum Gasteiger partial charge on any atom is -0.0619 e. The highest BCUT2D eigenvalue weighted by Gasteiger charge is 2.32. The third-order valence-electron chi connectivity index (χ3n) is 6.24. The minimum absolute atomic E-state index is 0.0946. The third kappa shape index (κ3) is 2.44. The van der Waals surface area contributed by atoms with Crippen LogP contribution in [-0.4, -0.2) is 0 Å². The Morgan fingerprint density at radius 3 is 1.79 bits per heavy atom. The predicted molar refractivity (Wildman–Crippen MR) is 120 cm³/mol. The zero-order chi connectivity index (χ0) is 19.5. The first-order valence-electron chi connectivity index (χ1n) is 10.2. The van der Waals surface area contributed by atoms with Crippen molar-refractivity contribution >= 4 is 10.8 Å². The van der Waals surface area contributed by atoms with Crippen molar-refractivity contribution in [1.29, 1.82) is 0 Å². The van der Waals surface area contributed by atoms with Gasteiger partial charge in [0.25, 0.3) is 0 Å². The van der Waals surface area contributed by atoms with Crippen molar-refractivity contribution in [2.45, 2.75) is 39.0 Å². The van der Waals surface area contributed by atoms with Crippen molar-refractivity contribution in [2.75, 3.05) is 0 Å². The Morgan fingerprint density at radius 2 is 1.18 bits per heavy atom. The van der Waals surface area contributed by atoms with Gasteiger partial charge in [0.2, 0.25) is 0 Å². The fourth-order valence-electron chi connectivity index (χ4n) is 5.23. The molecule has 4 aromatic rings. The number of rotatable bonds is 1. The van der Waals surface area contributed by atoms with Crippen LogP contribution in [0.4, 0.5) is 0 Å². The molecular weight excluding hydrogens is 336 g/mol. The zero-order valence-corrected chi connectivity index (χ0v) is 17.1. The predicted octanol–water partition coefficient (Wildman–Crippen LogP) is 7.61. The molecule has 0 bridgehead atoms. The maximum atomic E-state index is 2.43. The lowest BCUT2D eigenvalue weighted by Gasteiger charge is -2.28. The molecule has 1 aliphatic rings. The van der Waals surface area contributed by atoms with E-state index in [2.05, 4.69) is 107 Å². The standard InChI is InChI=1S/C28H26/c1-18-25(17-19-11-5-6-12-20(19)27(18)28(2,3)4)26-23-15-9-7-13-21(23)22-14-8-10-16-24(22)26/h5-17,26H,1-4H3. The average molecular weight is 363 g/mol. The van der Waals surface area contributed by atoms with Crippen LogP contribution in [0.25, 0.3) is 21.9 Å². The van der Waals surface area contributed by atoms with E-state index in [0.717, 1.165) is 0 Å². The summed E-state index contributed by atoms with van der Waals surface area (Å²) in [6.07, 6.45) is 0. The molecule has 0 saturated carbocycles. The van der Waals surface area contributed by atoms with Gasteiger partial charge in [0.15, 0.2) is 0 Å². The van der Waals surface area contributed by atoms with Crippen molar-refractivity contribution in [3.8, 4) is 11.1 Å². The summed E-state index contributed by atoms with van der Waals surface area (Å²) in [7, 11) is 0. The average Bonchev–Trinajstić information content (AvgIpc) is 3.01. The highest BCUT2D eigenvalue weighted by atomic mass is 14.4. The molecule has 0 spiro atoms. The van der Waals surface area contributed by atoms with Crippen LogP contribution in [0.15, 0.2) is 78.9 Å². The van der Waals surface area contributed by atoms with Gasteiger partial charge >= 0.3 is 0 Å². The monoisotopic (exact) mass is 362 g/mol. The number of benzene rings is 4. The summed E-state index contributed by atoms with van der Waals surface area (Å²) in [5.41, 5.74) is 10.1. The van der Waals surface area contributed by atoms with Gasteiger partial charge in [0, 0.05) is 5.92 Å². The molecule has 28 heavy (non-hydrogen) atoms. The van der Waals surface area contributed by atoms with Crippen LogP contribution in [0.1, 0.15) is 54.5 Å². The molecule has 0 heterocycles. The van der Waals surface area contributed by atoms with E-state index in [9.17, 15) is 0 Å². The van der Waals surface area contributed by atoms with Gasteiger partial charge in [-0.3, -0.25) is 0 Å². The Labute approximate surface area is 167 Å². The molecule has 0 aliphatic heterocycles. The highest BCUT2D eigenvalue weighted by Crippen LogP contribution is 2.50. The molecule has 0 unspecified atom stereocenters. The summed E-state index contributed by atoms with van der Waals surface area (Å²) in [5, 5.41) is 2.73. The van der Waals surface area contributed by atoms with Crippen molar-refractivity contribution in [2.24, 2.45) is 0 Å². The van der Waals surface area contributed by atoms with Crippen LogP contribution in [-0.2, 0) is 5.41 Å². The van der Waals surface area contributed by atoms with Crippen LogP contribution in [0.3, 0.4) is 0 Å². The fourth-order valence-corrected chi connectivity index (χ4v) is 5.23. The first-order valence-corrected chi connectivity index (χ1v) is 10.2. The van der Waals surface area contributed by atoms with E-state index in [-0.39, 0.29) is 5.41 Å². The Hall–Kier alpha value is -2.86. The van der Waals surface area contributed by atoms with E-state index in [1.54, 1.807) is 0 Å². The number of hydrogen-bond donors (Lipinski definition) is 0. The molecule has 0 saturated heterocycles. The van der Waals surface area contributed by atoms with Crippen molar-refractivity contribution < 1.29 is 0 Å². The molecule has 0 heteroatoms. The van der Waals surface area contributed by atoms with Crippen LogP contribution in [0.5, 0.6) is 0 Å². The molecule has 0 radical (unpaired) electrons. The number of fused-ring (bicyclic) bond motifs is 4. The Kier molecular flexibility index (Phi) is 3.74. The van der Waals surface area contributed by atoms with Crippen LogP contribution < -0.4 is 0 Å². The second kappa shape index (κ2) is 6.07. The summed E-state index contributed by atoms with van der Waals surface area (Å²) < 4.78 is 0. The summed E-state index contributed by atoms with van der Waals surface area (Å²) >= 11 is 0. The highest BCUT2D eigenvalue weighted by molar-refractivity contribution is 5.90. The second-order valence-corrected chi connectivity index (χ2v) is 9.04. The van der Waals surface area contributed by atoms with Crippen LogP contribution in [0, 0.1) is 6.92 Å². The molecular formula is C28H26. The van der Waals surface area contributed by atoms with Gasteiger partial charge in [-0.25, -0.2) is 0 Å². The van der Waals surface area contributed by atoms with Gasteiger partial charge < -0.3 is 0 Å². The van der Waals surface area contributed by atoms with Crippen molar-refractivity contribution in [3.63, 3.8) is 0 Å². The summed E-state index contributed by atoms with van der Waals surface area (Å²) in [6, 6.07) is 29.1. The van der Waals surface area contributed by atoms with Gasteiger partial charge in [-0.1, -0.05) is 93.6 Å². The molecule has 0 fully saturated rings. The smallest absolute Gasteiger partial charge is 0.0355 e. The molecule has 5 rings (SSSR count). The van der Waals surface area contributed by atoms with E-state index in [4.69, 9.17) is 0 Å². The second-order valence-electron chi connectivity index (χ2n) is 9.04. The molecule has 138 valence electrons. The Morgan fingerprint density at radius 1 is 0.643 bits per heavy atom. The SMILES string of the molecule is Cc1c(C2c3ccccc3-c3ccccc32)cc2ccccc2c1C(C)(C)C. The first-order chi connectivity index (χ1) is 13.5. The van der Waals surface area contributed by atoms with Crippen molar-refractivity contribution in [3.05, 3.63) is 107 Å². The van der Waals surface area contributed by atoms with Gasteiger partial charge in [-0.15, -0.1) is 0 Å². The third-order valence-corrected chi connectivity index (χ3v) is 6.24. The van der Waals surface area contributed by atoms with Gasteiger partial charge in [-0.2, -0.15) is 0 Å². The fraction of sp³-hybridized carbons (Fsp3) is 0.214. The van der Waals surface area contributed by atoms with E-state index >= 15 is 0 Å². The zero-order valence-electron chi connectivity index (χ0n) is 17.1. The molecule has 0 nitrogen and oxygen atoms in total. The van der Waals surface area contributed by atoms with Crippen LogP contribution in [0.2, 0.25) is 0 Å². The van der Waals surface area contributed by atoms with E-state index in [0.29, 0.717) is 5.92 Å². The molecule has 0 atom stereocenters. The quantitative estimate of drug-likeness (QED) is 0.288. The largest absolute Gasteiger partial charge is 0.0619 e. The Balaban J connectivity index is 1.87. The lowest BCUT2D eigenvalue weighted by atomic mass is 9.76. The lowest BCUT2D eigenvalue weighted by molar-refractivity contribution is 0.590. The minimum atomic E-state index is 0.0946. The Bertz CT molecular complexity index is 1160. The molecule has 0 aromatic heterocycles. The normalized spacial score (nSPS) is 13.6. The molecule has 0 N–H and O–H groups in total. The maximum Gasteiger partial charge on any atom is 0.0355 e. The van der Waals surface area contributed by atoms with Crippen molar-refractivity contribution in [1.82, 2.24) is 0 Å². The summed E-state index contributed by atoms with van der Waals surface area (Å²) in [6.45, 7) is 9.33. The summed E-state index contributed by atoms with van der Waals surface area (Å²) in [5.74, 6) is 0.304. The van der Waals surface area contributed by atoms with Crippen LogP contribution >= 0.6 is 0 Å². The number of hydrogen-bond acceptors (Lipinski definition) is 0. The molecule has 1 aliphatic carbocycles. The maximum absolute atomic E-state index is 2.43. The van der Waals surface area contributed by atoms with E-state index in [1.807, 2.05) is 0 Å².